The normalized spacial score (nSPS) is 12.9. The Bertz CT molecular complexity index is 613. The third-order valence-corrected chi connectivity index (χ3v) is 4.42. The SMILES string of the molecule is CC(C)[C@@H](NC(=O)CCNS(=O)(=O)c1ccccc1)C(=O)O. The summed E-state index contributed by atoms with van der Waals surface area (Å²) < 4.78 is 26.1. The lowest BCUT2D eigenvalue weighted by atomic mass is 10.0. The van der Waals surface area contributed by atoms with Gasteiger partial charge in [0.1, 0.15) is 6.04 Å². The van der Waals surface area contributed by atoms with Crippen LogP contribution in [0.5, 0.6) is 0 Å². The van der Waals surface area contributed by atoms with Crippen LogP contribution in [-0.2, 0) is 19.6 Å². The number of nitrogens with one attached hydrogen (secondary N) is 2. The van der Waals surface area contributed by atoms with Gasteiger partial charge in [-0.3, -0.25) is 4.79 Å². The molecule has 22 heavy (non-hydrogen) atoms. The average Bonchev–Trinajstić information content (AvgIpc) is 2.45. The lowest BCUT2D eigenvalue weighted by Gasteiger charge is -2.17. The van der Waals surface area contributed by atoms with Gasteiger partial charge in [-0.1, -0.05) is 32.0 Å². The van der Waals surface area contributed by atoms with Gasteiger partial charge in [-0.25, -0.2) is 17.9 Å². The van der Waals surface area contributed by atoms with Gasteiger partial charge in [0.2, 0.25) is 15.9 Å². The maximum Gasteiger partial charge on any atom is 0.326 e. The molecule has 122 valence electrons. The molecule has 0 aliphatic rings. The summed E-state index contributed by atoms with van der Waals surface area (Å²) in [5, 5.41) is 11.3. The second-order valence-electron chi connectivity index (χ2n) is 5.09. The molecule has 0 spiro atoms. The van der Waals surface area contributed by atoms with Gasteiger partial charge in [-0.15, -0.1) is 0 Å². The van der Waals surface area contributed by atoms with E-state index in [2.05, 4.69) is 10.0 Å². The molecule has 0 aromatic heterocycles. The molecule has 0 aliphatic carbocycles. The molecular weight excluding hydrogens is 308 g/mol. The van der Waals surface area contributed by atoms with Gasteiger partial charge in [-0.2, -0.15) is 0 Å². The van der Waals surface area contributed by atoms with E-state index in [9.17, 15) is 18.0 Å². The number of sulfonamides is 1. The number of benzene rings is 1. The first kappa shape index (κ1) is 18.1. The Hall–Kier alpha value is -1.93. The standard InChI is InChI=1S/C14H20N2O5S/c1-10(2)13(14(18)19)16-12(17)8-9-15-22(20,21)11-6-4-3-5-7-11/h3-7,10,13,15H,8-9H2,1-2H3,(H,16,17)(H,18,19)/t13-/m1/s1. The average molecular weight is 328 g/mol. The highest BCUT2D eigenvalue weighted by atomic mass is 32.2. The van der Waals surface area contributed by atoms with Gasteiger partial charge < -0.3 is 10.4 Å². The Morgan fingerprint density at radius 3 is 2.27 bits per heavy atom. The first-order chi connectivity index (χ1) is 10.2. The second-order valence-corrected chi connectivity index (χ2v) is 6.86. The molecule has 1 rings (SSSR count). The molecule has 0 saturated heterocycles. The largest absolute Gasteiger partial charge is 0.480 e. The molecule has 0 aliphatic heterocycles. The van der Waals surface area contributed by atoms with Crippen LogP contribution < -0.4 is 10.0 Å². The molecule has 0 fully saturated rings. The maximum atomic E-state index is 11.9. The highest BCUT2D eigenvalue weighted by molar-refractivity contribution is 7.89. The molecule has 1 aromatic carbocycles. The number of aliphatic carboxylic acids is 1. The van der Waals surface area contributed by atoms with Crippen molar-refractivity contribution in [2.24, 2.45) is 5.92 Å². The van der Waals surface area contributed by atoms with Crippen molar-refractivity contribution in [2.75, 3.05) is 6.54 Å². The van der Waals surface area contributed by atoms with Crippen molar-refractivity contribution in [2.45, 2.75) is 31.2 Å². The predicted octanol–water partition coefficient (Wildman–Crippen LogP) is 0.580. The zero-order valence-corrected chi connectivity index (χ0v) is 13.3. The van der Waals surface area contributed by atoms with Gasteiger partial charge in [0.15, 0.2) is 0 Å². The van der Waals surface area contributed by atoms with Crippen molar-refractivity contribution in [1.82, 2.24) is 10.0 Å². The number of hydrogen-bond acceptors (Lipinski definition) is 4. The van der Waals surface area contributed by atoms with Crippen LogP contribution in [0.4, 0.5) is 0 Å². The van der Waals surface area contributed by atoms with Gasteiger partial charge in [0.05, 0.1) is 4.90 Å². The molecule has 3 N–H and O–H groups in total. The molecule has 8 heteroatoms. The van der Waals surface area contributed by atoms with Crippen molar-refractivity contribution >= 4 is 21.9 Å². The lowest BCUT2D eigenvalue weighted by Crippen LogP contribution is -2.45. The van der Waals surface area contributed by atoms with Gasteiger partial charge >= 0.3 is 5.97 Å². The van der Waals surface area contributed by atoms with Crippen LogP contribution in [0.3, 0.4) is 0 Å². The minimum atomic E-state index is -3.66. The molecule has 1 aromatic rings. The van der Waals surface area contributed by atoms with E-state index in [1.54, 1.807) is 32.0 Å². The summed E-state index contributed by atoms with van der Waals surface area (Å²) in [5.74, 6) is -1.90. The Labute approximate surface area is 129 Å². The van der Waals surface area contributed by atoms with E-state index < -0.39 is 27.9 Å². The molecule has 0 saturated carbocycles. The third-order valence-electron chi connectivity index (χ3n) is 2.95. The molecule has 0 radical (unpaired) electrons. The lowest BCUT2D eigenvalue weighted by molar-refractivity contribution is -0.143. The molecule has 1 amide bonds. The Morgan fingerprint density at radius 1 is 1.18 bits per heavy atom. The van der Waals surface area contributed by atoms with Crippen LogP contribution in [0.2, 0.25) is 0 Å². The van der Waals surface area contributed by atoms with E-state index in [1.165, 1.54) is 12.1 Å². The monoisotopic (exact) mass is 328 g/mol. The Balaban J connectivity index is 2.50. The number of carbonyl (C=O) groups excluding carboxylic acids is 1. The third kappa shape index (κ3) is 5.45. The zero-order valence-electron chi connectivity index (χ0n) is 12.4. The van der Waals surface area contributed by atoms with Crippen molar-refractivity contribution in [3.63, 3.8) is 0 Å². The van der Waals surface area contributed by atoms with E-state index >= 15 is 0 Å². The van der Waals surface area contributed by atoms with Crippen LogP contribution in [0.1, 0.15) is 20.3 Å². The van der Waals surface area contributed by atoms with E-state index in [4.69, 9.17) is 5.11 Å². The summed E-state index contributed by atoms with van der Waals surface area (Å²) in [4.78, 5) is 22.8. The van der Waals surface area contributed by atoms with E-state index in [-0.39, 0.29) is 23.8 Å². The highest BCUT2D eigenvalue weighted by Gasteiger charge is 2.23. The van der Waals surface area contributed by atoms with Crippen molar-refractivity contribution in [1.29, 1.82) is 0 Å². The summed E-state index contributed by atoms with van der Waals surface area (Å²) >= 11 is 0. The minimum absolute atomic E-state index is 0.104. The maximum absolute atomic E-state index is 11.9. The van der Waals surface area contributed by atoms with Crippen molar-refractivity contribution in [3.05, 3.63) is 30.3 Å². The summed E-state index contributed by atoms with van der Waals surface area (Å²) in [6.45, 7) is 3.25. The van der Waals surface area contributed by atoms with Crippen molar-refractivity contribution in [3.8, 4) is 0 Å². The van der Waals surface area contributed by atoms with E-state index in [0.717, 1.165) is 0 Å². The molecule has 0 unspecified atom stereocenters. The molecule has 0 heterocycles. The Morgan fingerprint density at radius 2 is 1.77 bits per heavy atom. The highest BCUT2D eigenvalue weighted by Crippen LogP contribution is 2.07. The van der Waals surface area contributed by atoms with Crippen LogP contribution >= 0.6 is 0 Å². The minimum Gasteiger partial charge on any atom is -0.480 e. The summed E-state index contributed by atoms with van der Waals surface area (Å²) in [6, 6.07) is 6.80. The number of hydrogen-bond donors (Lipinski definition) is 3. The number of carbonyl (C=O) groups is 2. The smallest absolute Gasteiger partial charge is 0.326 e. The quantitative estimate of drug-likeness (QED) is 0.646. The zero-order chi connectivity index (χ0) is 16.8. The van der Waals surface area contributed by atoms with Crippen LogP contribution in [0.25, 0.3) is 0 Å². The number of carboxylic acids is 1. The fourth-order valence-electron chi connectivity index (χ4n) is 1.74. The first-order valence-electron chi connectivity index (χ1n) is 6.81. The van der Waals surface area contributed by atoms with Crippen LogP contribution in [0.15, 0.2) is 35.2 Å². The molecule has 7 nitrogen and oxygen atoms in total. The number of carboxylic acid groups (broad SMARTS) is 1. The molecule has 1 atom stereocenters. The summed E-state index contributed by atoms with van der Waals surface area (Å²) in [5.41, 5.74) is 0. The summed E-state index contributed by atoms with van der Waals surface area (Å²) in [6.07, 6.45) is -0.136. The van der Waals surface area contributed by atoms with E-state index in [0.29, 0.717) is 0 Å². The van der Waals surface area contributed by atoms with Gasteiger partial charge in [0.25, 0.3) is 0 Å². The summed E-state index contributed by atoms with van der Waals surface area (Å²) in [7, 11) is -3.66. The molecule has 0 bridgehead atoms. The fourth-order valence-corrected chi connectivity index (χ4v) is 2.79. The van der Waals surface area contributed by atoms with Crippen LogP contribution in [0, 0.1) is 5.92 Å². The molecular formula is C14H20N2O5S. The van der Waals surface area contributed by atoms with Gasteiger partial charge in [0, 0.05) is 13.0 Å². The fraction of sp³-hybridized carbons (Fsp3) is 0.429. The topological polar surface area (TPSA) is 113 Å². The first-order valence-corrected chi connectivity index (χ1v) is 8.29. The van der Waals surface area contributed by atoms with E-state index in [1.807, 2.05) is 0 Å². The number of rotatable bonds is 8. The predicted molar refractivity (Wildman–Crippen MR) is 80.7 cm³/mol. The van der Waals surface area contributed by atoms with Crippen molar-refractivity contribution < 1.29 is 23.1 Å². The second kappa shape index (κ2) is 7.90. The Kier molecular flexibility index (Phi) is 6.51. The van der Waals surface area contributed by atoms with Crippen LogP contribution in [-0.4, -0.2) is 38.0 Å². The number of amides is 1. The van der Waals surface area contributed by atoms with Gasteiger partial charge in [-0.05, 0) is 18.1 Å².